The summed E-state index contributed by atoms with van der Waals surface area (Å²) >= 11 is 1.51. The van der Waals surface area contributed by atoms with Gasteiger partial charge < -0.3 is 34.1 Å². The van der Waals surface area contributed by atoms with E-state index in [1.807, 2.05) is 17.5 Å². The first-order chi connectivity index (χ1) is 15.2. The molecule has 9 nitrogen and oxygen atoms in total. The Morgan fingerprint density at radius 2 is 2.22 bits per heavy atom. The standard InChI is InChI=1S/C22H27NO8S/c1-13(24)23-18-15(28-9-5-7-14-8-6-10-32-14)11-16(21(26)27-4)30-20(18)19(25)17-12-29-22(2,3)31-17/h6,8,10-11,15,17-20,25H,9,12H2,1-4H3,(H,23,24)/t15-,17-,18-,19-,20-/m1/s1. The fourth-order valence-corrected chi connectivity index (χ4v) is 4.05. The van der Waals surface area contributed by atoms with Gasteiger partial charge in [-0.15, -0.1) is 11.3 Å². The molecule has 1 aromatic rings. The Balaban J connectivity index is 1.83. The number of carbonyl (C=O) groups is 2. The second-order valence-corrected chi connectivity index (χ2v) is 8.69. The number of carbonyl (C=O) groups excluding carboxylic acids is 2. The topological polar surface area (TPSA) is 113 Å². The lowest BCUT2D eigenvalue weighted by atomic mass is 9.93. The monoisotopic (exact) mass is 465 g/mol. The van der Waals surface area contributed by atoms with Crippen LogP contribution in [0.1, 0.15) is 25.6 Å². The van der Waals surface area contributed by atoms with Crippen LogP contribution in [-0.2, 0) is 33.3 Å². The van der Waals surface area contributed by atoms with Crippen molar-refractivity contribution in [2.75, 3.05) is 20.3 Å². The van der Waals surface area contributed by atoms with E-state index in [1.54, 1.807) is 13.8 Å². The van der Waals surface area contributed by atoms with E-state index in [0.717, 1.165) is 4.88 Å². The Labute approximate surface area is 190 Å². The zero-order valence-corrected chi connectivity index (χ0v) is 19.1. The molecule has 3 heterocycles. The summed E-state index contributed by atoms with van der Waals surface area (Å²) in [6.07, 6.45) is -2.42. The summed E-state index contributed by atoms with van der Waals surface area (Å²) in [6, 6.07) is 2.97. The number of ether oxygens (including phenoxy) is 5. The maximum absolute atomic E-state index is 12.2. The van der Waals surface area contributed by atoms with Crippen LogP contribution in [0.5, 0.6) is 0 Å². The molecule has 1 aromatic heterocycles. The normalized spacial score (nSPS) is 27.3. The van der Waals surface area contributed by atoms with Crippen LogP contribution in [0.25, 0.3) is 0 Å². The number of esters is 1. The third kappa shape index (κ3) is 6.09. The molecule has 1 amide bonds. The van der Waals surface area contributed by atoms with Crippen LogP contribution in [0.4, 0.5) is 0 Å². The molecule has 0 bridgehead atoms. The fourth-order valence-electron chi connectivity index (χ4n) is 3.45. The van der Waals surface area contributed by atoms with Crippen molar-refractivity contribution in [3.63, 3.8) is 0 Å². The van der Waals surface area contributed by atoms with Gasteiger partial charge in [-0.2, -0.15) is 0 Å². The lowest BCUT2D eigenvalue weighted by Crippen LogP contribution is -2.60. The van der Waals surface area contributed by atoms with Gasteiger partial charge in [0.2, 0.25) is 11.7 Å². The summed E-state index contributed by atoms with van der Waals surface area (Å²) < 4.78 is 27.7. The molecule has 0 saturated carbocycles. The van der Waals surface area contributed by atoms with E-state index in [9.17, 15) is 14.7 Å². The zero-order chi connectivity index (χ0) is 23.3. The van der Waals surface area contributed by atoms with Crippen molar-refractivity contribution in [3.05, 3.63) is 34.2 Å². The Morgan fingerprint density at radius 1 is 1.44 bits per heavy atom. The molecular weight excluding hydrogens is 438 g/mol. The number of nitrogens with one attached hydrogen (secondary N) is 1. The van der Waals surface area contributed by atoms with E-state index in [2.05, 4.69) is 17.2 Å². The molecule has 0 aliphatic carbocycles. The minimum atomic E-state index is -1.23. The smallest absolute Gasteiger partial charge is 0.373 e. The van der Waals surface area contributed by atoms with Gasteiger partial charge in [0.1, 0.15) is 24.9 Å². The Bertz CT molecular complexity index is 901. The van der Waals surface area contributed by atoms with E-state index < -0.39 is 42.2 Å². The summed E-state index contributed by atoms with van der Waals surface area (Å²) in [5.41, 5.74) is 0. The van der Waals surface area contributed by atoms with Gasteiger partial charge in [0, 0.05) is 6.92 Å². The second-order valence-electron chi connectivity index (χ2n) is 7.74. The molecular formula is C22H27NO8S. The summed E-state index contributed by atoms with van der Waals surface area (Å²) in [5, 5.41) is 15.7. The molecule has 174 valence electrons. The second kappa shape index (κ2) is 10.5. The molecule has 0 spiro atoms. The summed E-state index contributed by atoms with van der Waals surface area (Å²) in [7, 11) is 1.22. The van der Waals surface area contributed by atoms with Gasteiger partial charge in [-0.05, 0) is 31.4 Å². The molecule has 2 N–H and O–H groups in total. The maximum Gasteiger partial charge on any atom is 0.373 e. The molecule has 32 heavy (non-hydrogen) atoms. The van der Waals surface area contributed by atoms with Gasteiger partial charge >= 0.3 is 5.97 Å². The minimum Gasteiger partial charge on any atom is -0.478 e. The van der Waals surface area contributed by atoms with Crippen LogP contribution in [0.3, 0.4) is 0 Å². The number of methoxy groups -OCH3 is 1. The van der Waals surface area contributed by atoms with E-state index >= 15 is 0 Å². The lowest BCUT2D eigenvalue weighted by molar-refractivity contribution is -0.173. The number of aliphatic hydroxyl groups excluding tert-OH is 1. The molecule has 10 heteroatoms. The first-order valence-corrected chi connectivity index (χ1v) is 11.0. The maximum atomic E-state index is 12.2. The minimum absolute atomic E-state index is 0.0302. The van der Waals surface area contributed by atoms with E-state index in [4.69, 9.17) is 23.7 Å². The first kappa shape index (κ1) is 24.2. The van der Waals surface area contributed by atoms with Crippen LogP contribution in [-0.4, -0.2) is 73.6 Å². The molecule has 3 rings (SSSR count). The molecule has 1 saturated heterocycles. The number of rotatable bonds is 6. The van der Waals surface area contributed by atoms with Crippen molar-refractivity contribution >= 4 is 23.2 Å². The molecule has 2 aliphatic rings. The lowest BCUT2D eigenvalue weighted by Gasteiger charge is -2.39. The molecule has 2 aliphatic heterocycles. The largest absolute Gasteiger partial charge is 0.478 e. The molecule has 0 radical (unpaired) electrons. The van der Waals surface area contributed by atoms with Gasteiger partial charge in [-0.1, -0.05) is 17.9 Å². The molecule has 0 unspecified atom stereocenters. The highest BCUT2D eigenvalue weighted by Gasteiger charge is 2.48. The predicted molar refractivity (Wildman–Crippen MR) is 114 cm³/mol. The van der Waals surface area contributed by atoms with Crippen LogP contribution in [0, 0.1) is 11.8 Å². The quantitative estimate of drug-likeness (QED) is 0.472. The average Bonchev–Trinajstić information content (AvgIpc) is 3.39. The Morgan fingerprint density at radius 3 is 2.81 bits per heavy atom. The van der Waals surface area contributed by atoms with Crippen molar-refractivity contribution in [2.24, 2.45) is 0 Å². The summed E-state index contributed by atoms with van der Waals surface area (Å²) in [4.78, 5) is 25.0. The molecule has 1 fully saturated rings. The average molecular weight is 466 g/mol. The van der Waals surface area contributed by atoms with Crippen molar-refractivity contribution in [1.82, 2.24) is 5.32 Å². The van der Waals surface area contributed by atoms with E-state index in [-0.39, 0.29) is 24.9 Å². The van der Waals surface area contributed by atoms with Crippen molar-refractivity contribution < 1.29 is 38.4 Å². The third-order valence-electron chi connectivity index (χ3n) is 4.87. The first-order valence-electron chi connectivity index (χ1n) is 10.1. The van der Waals surface area contributed by atoms with Crippen molar-refractivity contribution in [1.29, 1.82) is 0 Å². The number of hydrogen-bond acceptors (Lipinski definition) is 9. The Kier molecular flexibility index (Phi) is 7.92. The van der Waals surface area contributed by atoms with Crippen LogP contribution in [0.2, 0.25) is 0 Å². The SMILES string of the molecule is COC(=O)C1=C[C@@H](OCC#Cc2cccs2)[C@@H](NC(C)=O)[C@H]([C@H](O)[C@H]2COC(C)(C)O2)O1. The highest BCUT2D eigenvalue weighted by atomic mass is 32.1. The van der Waals surface area contributed by atoms with Crippen molar-refractivity contribution in [2.45, 2.75) is 57.0 Å². The van der Waals surface area contributed by atoms with Gasteiger partial charge in [-0.3, -0.25) is 4.79 Å². The van der Waals surface area contributed by atoms with Gasteiger partial charge in [0.05, 0.1) is 24.6 Å². The van der Waals surface area contributed by atoms with Crippen LogP contribution >= 0.6 is 11.3 Å². The van der Waals surface area contributed by atoms with Gasteiger partial charge in [-0.25, -0.2) is 4.79 Å². The fraction of sp³-hybridized carbons (Fsp3) is 0.545. The number of hydrogen-bond donors (Lipinski definition) is 2. The number of thiophene rings is 1. The van der Waals surface area contributed by atoms with Crippen LogP contribution < -0.4 is 5.32 Å². The Hall–Kier alpha value is -2.42. The van der Waals surface area contributed by atoms with Crippen LogP contribution in [0.15, 0.2) is 29.3 Å². The van der Waals surface area contributed by atoms with Gasteiger partial charge in [0.25, 0.3) is 0 Å². The van der Waals surface area contributed by atoms with E-state index in [0.29, 0.717) is 0 Å². The number of aliphatic hydroxyl groups is 1. The molecule has 0 aromatic carbocycles. The zero-order valence-electron chi connectivity index (χ0n) is 18.3. The highest BCUT2D eigenvalue weighted by Crippen LogP contribution is 2.30. The summed E-state index contributed by atoms with van der Waals surface area (Å²) in [5.74, 6) is 3.79. The summed E-state index contributed by atoms with van der Waals surface area (Å²) in [6.45, 7) is 4.95. The highest BCUT2D eigenvalue weighted by molar-refractivity contribution is 7.10. The van der Waals surface area contributed by atoms with Crippen molar-refractivity contribution in [3.8, 4) is 11.8 Å². The van der Waals surface area contributed by atoms with E-state index in [1.165, 1.54) is 31.4 Å². The third-order valence-corrected chi connectivity index (χ3v) is 5.66. The van der Waals surface area contributed by atoms with Gasteiger partial charge in [0.15, 0.2) is 11.9 Å². The number of amides is 1. The predicted octanol–water partition coefficient (Wildman–Crippen LogP) is 0.958. The molecule has 5 atom stereocenters.